The Morgan fingerprint density at radius 3 is 1.41 bits per heavy atom. The number of rotatable bonds is 11. The van der Waals surface area contributed by atoms with Crippen LogP contribution in [0, 0.1) is 40.5 Å². The largest absolute Gasteiger partial charge is 0.397 e. The molecule has 2 atom stereocenters. The normalized spacial score (nSPS) is 11.5. The summed E-state index contributed by atoms with van der Waals surface area (Å²) in [7, 11) is 0. The summed E-state index contributed by atoms with van der Waals surface area (Å²) < 4.78 is 0. The van der Waals surface area contributed by atoms with Crippen LogP contribution in [0.2, 0.25) is 0 Å². The zero-order chi connectivity index (χ0) is 22.0. The molecule has 0 bridgehead atoms. The first-order valence-electron chi connectivity index (χ1n) is 6.49. The monoisotopic (exact) mass is 410 g/mol. The number of nitrogens with zero attached hydrogens (tertiary/aromatic N) is 4. The van der Waals surface area contributed by atoms with Crippen LogP contribution in [-0.2, 0) is 14.5 Å². The Hall–Kier alpha value is -3.16. The van der Waals surface area contributed by atoms with Crippen molar-refractivity contribution in [1.82, 2.24) is 0 Å². The van der Waals surface area contributed by atoms with E-state index < -0.39 is 58.4 Å². The van der Waals surface area contributed by atoms with Crippen molar-refractivity contribution in [2.45, 2.75) is 25.4 Å². The second-order valence-corrected chi connectivity index (χ2v) is 3.75. The van der Waals surface area contributed by atoms with Crippen LogP contribution in [0.5, 0.6) is 0 Å². The van der Waals surface area contributed by atoms with Gasteiger partial charge in [0.05, 0.1) is 11.5 Å². The number of nitro groups is 1. The Morgan fingerprint density at radius 1 is 0.852 bits per heavy atom. The zero-order valence-corrected chi connectivity index (χ0v) is 13.6. The van der Waals surface area contributed by atoms with Gasteiger partial charge in [-0.2, -0.15) is 0 Å². The van der Waals surface area contributed by atoms with Gasteiger partial charge in [-0.05, 0) is 6.92 Å². The van der Waals surface area contributed by atoms with Gasteiger partial charge in [0.15, 0.2) is 12.2 Å². The van der Waals surface area contributed by atoms with Gasteiger partial charge in [0.2, 0.25) is 0 Å². The lowest BCUT2D eigenvalue weighted by molar-refractivity contribution is -0.803. The van der Waals surface area contributed by atoms with E-state index in [9.17, 15) is 40.5 Å². The molecule has 2 unspecified atom stereocenters. The summed E-state index contributed by atoms with van der Waals surface area (Å²) in [6.45, 7) is -0.578. The quantitative estimate of drug-likeness (QED) is 0.149. The number of hydrogen-bond acceptors (Lipinski definition) is 15. The summed E-state index contributed by atoms with van der Waals surface area (Å²) in [5.74, 6) is 0. The third-order valence-corrected chi connectivity index (χ3v) is 1.71. The molecular weight excluding hydrogens is 392 g/mol. The van der Waals surface area contributed by atoms with Crippen LogP contribution >= 0.6 is 0 Å². The van der Waals surface area contributed by atoms with Gasteiger partial charge in [-0.25, -0.2) is 0 Å². The maximum absolute atomic E-state index is 9.83. The van der Waals surface area contributed by atoms with Crippen LogP contribution in [0.25, 0.3) is 0 Å². The van der Waals surface area contributed by atoms with E-state index in [2.05, 4.69) is 14.5 Å². The summed E-state index contributed by atoms with van der Waals surface area (Å²) in [4.78, 5) is 49.0. The van der Waals surface area contributed by atoms with Gasteiger partial charge in [-0.1, -0.05) is 0 Å². The first-order chi connectivity index (χ1) is 12.4. The topological polar surface area (TPSA) is 281 Å². The first-order valence-corrected chi connectivity index (χ1v) is 6.49. The van der Waals surface area contributed by atoms with Crippen LogP contribution in [0.1, 0.15) is 6.92 Å². The zero-order valence-electron chi connectivity index (χ0n) is 13.6. The van der Waals surface area contributed by atoms with Crippen molar-refractivity contribution in [1.29, 1.82) is 0 Å². The molecule has 0 amide bonds. The summed E-state index contributed by atoms with van der Waals surface area (Å²) in [6, 6.07) is 0. The van der Waals surface area contributed by atoms with Crippen LogP contribution in [-0.4, -0.2) is 85.5 Å². The summed E-state index contributed by atoms with van der Waals surface area (Å²) in [5, 5.41) is 67.4. The average Bonchev–Trinajstić information content (AvgIpc) is 2.56. The minimum Gasteiger partial charge on any atom is -0.397 e. The predicted molar refractivity (Wildman–Crippen MR) is 76.6 cm³/mol. The Labute approximate surface area is 148 Å². The summed E-state index contributed by atoms with van der Waals surface area (Å²) in [6.07, 6.45) is -5.33. The van der Waals surface area contributed by atoms with Gasteiger partial charge >= 0.3 is 6.23 Å². The van der Waals surface area contributed by atoms with Crippen molar-refractivity contribution in [2.75, 3.05) is 26.4 Å². The van der Waals surface area contributed by atoms with Crippen molar-refractivity contribution in [3.05, 3.63) is 40.5 Å². The van der Waals surface area contributed by atoms with Gasteiger partial charge in [-0.15, -0.1) is 30.3 Å². The van der Waals surface area contributed by atoms with Crippen LogP contribution in [0.4, 0.5) is 0 Å². The van der Waals surface area contributed by atoms with Gasteiger partial charge in [0.25, 0.3) is 15.3 Å². The van der Waals surface area contributed by atoms with Gasteiger partial charge in [0, 0.05) is 6.61 Å². The fourth-order valence-corrected chi connectivity index (χ4v) is 0.753. The lowest BCUT2D eigenvalue weighted by Crippen LogP contribution is -2.35. The molecule has 0 saturated heterocycles. The summed E-state index contributed by atoms with van der Waals surface area (Å²) >= 11 is 0. The molecule has 0 aliphatic carbocycles. The molecule has 19 nitrogen and oxygen atoms in total. The van der Waals surface area contributed by atoms with Gasteiger partial charge in [0.1, 0.15) is 13.2 Å². The molecule has 0 spiro atoms. The number of aliphatic hydroxyl groups is 4. The van der Waals surface area contributed by atoms with E-state index in [1.54, 1.807) is 6.92 Å². The highest BCUT2D eigenvalue weighted by molar-refractivity contribution is 4.52. The van der Waals surface area contributed by atoms with Crippen molar-refractivity contribution >= 4 is 0 Å². The standard InChI is InChI=1S/C3H5N3O9.C3H7NO5.C2H6O/c7-4(8)13-1-3(15-6(11)12)2-14-5(9)10;5-1-2(6)3(7)4(8)9;1-2-3/h3H,1-2H2;2-3,5-7H,1H2;3H,2H2,1H3. The van der Waals surface area contributed by atoms with Crippen molar-refractivity contribution < 1.29 is 55.1 Å². The van der Waals surface area contributed by atoms with Crippen LogP contribution < -0.4 is 0 Å². The molecule has 4 N–H and O–H groups in total. The van der Waals surface area contributed by atoms with E-state index in [1.807, 2.05) is 0 Å². The second kappa shape index (κ2) is 17.7. The molecule has 19 heteroatoms. The lowest BCUT2D eigenvalue weighted by Gasteiger charge is -2.11. The van der Waals surface area contributed by atoms with Gasteiger partial charge in [-0.3, -0.25) is 10.1 Å². The van der Waals surface area contributed by atoms with Crippen LogP contribution in [0.15, 0.2) is 0 Å². The Kier molecular flexibility index (Phi) is 18.7. The molecule has 0 aromatic carbocycles. The first kappa shape index (κ1) is 28.6. The molecule has 0 rings (SSSR count). The van der Waals surface area contributed by atoms with Crippen molar-refractivity contribution in [3.63, 3.8) is 0 Å². The number of aliphatic hydroxyl groups excluding tert-OH is 4. The molecule has 0 aliphatic rings. The highest BCUT2D eigenvalue weighted by Gasteiger charge is 2.25. The molecule has 0 aromatic heterocycles. The van der Waals surface area contributed by atoms with E-state index in [0.717, 1.165) is 0 Å². The molecule has 0 heterocycles. The smallest absolute Gasteiger partial charge is 0.341 e. The second-order valence-electron chi connectivity index (χ2n) is 3.75. The summed E-state index contributed by atoms with van der Waals surface area (Å²) in [5.41, 5.74) is 0. The highest BCUT2D eigenvalue weighted by Crippen LogP contribution is 1.96. The van der Waals surface area contributed by atoms with E-state index in [1.165, 1.54) is 0 Å². The van der Waals surface area contributed by atoms with E-state index in [-0.39, 0.29) is 6.61 Å². The molecule has 0 fully saturated rings. The van der Waals surface area contributed by atoms with E-state index >= 15 is 0 Å². The van der Waals surface area contributed by atoms with Crippen molar-refractivity contribution in [2.24, 2.45) is 0 Å². The fraction of sp³-hybridized carbons (Fsp3) is 1.00. The van der Waals surface area contributed by atoms with Gasteiger partial charge < -0.3 is 34.9 Å². The molecule has 0 aromatic rings. The third kappa shape index (κ3) is 22.8. The minimum absolute atomic E-state index is 0.250. The Bertz CT molecular complexity index is 430. The van der Waals surface area contributed by atoms with E-state index in [4.69, 9.17) is 20.4 Å². The highest BCUT2D eigenvalue weighted by atomic mass is 17.0. The maximum atomic E-state index is 9.83. The number of hydrogen-bond donors (Lipinski definition) is 4. The lowest BCUT2D eigenvalue weighted by atomic mass is 10.3. The van der Waals surface area contributed by atoms with Crippen molar-refractivity contribution in [3.8, 4) is 0 Å². The van der Waals surface area contributed by atoms with E-state index in [0.29, 0.717) is 0 Å². The molecule has 0 aliphatic heterocycles. The van der Waals surface area contributed by atoms with Crippen LogP contribution in [0.3, 0.4) is 0 Å². The third-order valence-electron chi connectivity index (χ3n) is 1.71. The SMILES string of the molecule is CCO.O=[N+]([O-])C(O)C(O)CO.O=[N+]([O-])OCC(CO[N+](=O)[O-])O[N+](=O)[O-]. The fourth-order valence-electron chi connectivity index (χ4n) is 0.753. The molecule has 160 valence electrons. The Balaban J connectivity index is -0.000000407. The maximum Gasteiger partial charge on any atom is 0.341 e. The predicted octanol–water partition coefficient (Wildman–Crippen LogP) is -3.09. The molecule has 27 heavy (non-hydrogen) atoms. The molecular formula is C8H18N4O15. The average molecular weight is 410 g/mol. The molecule has 0 saturated carbocycles. The minimum atomic E-state index is -2.09. The Morgan fingerprint density at radius 2 is 1.22 bits per heavy atom. The molecule has 0 radical (unpaired) electrons.